The van der Waals surface area contributed by atoms with E-state index in [0.717, 1.165) is 5.56 Å². The minimum Gasteiger partial charge on any atom is -0.360 e. The Hall–Kier alpha value is -2.87. The third kappa shape index (κ3) is 3.86. The van der Waals surface area contributed by atoms with Crippen molar-refractivity contribution >= 4 is 23.4 Å². The van der Waals surface area contributed by atoms with E-state index in [4.69, 9.17) is 20.6 Å². The summed E-state index contributed by atoms with van der Waals surface area (Å²) >= 11 is 5.92. The zero-order chi connectivity index (χ0) is 16.2. The summed E-state index contributed by atoms with van der Waals surface area (Å²) in [7, 11) is 0. The first-order valence-corrected chi connectivity index (χ1v) is 7.04. The van der Waals surface area contributed by atoms with Crippen LogP contribution in [0.15, 0.2) is 39.4 Å². The second-order valence-corrected chi connectivity index (χ2v) is 5.09. The number of carbonyl (C=O) groups is 1. The number of hydrogen-bond donors (Lipinski definition) is 2. The van der Waals surface area contributed by atoms with Crippen molar-refractivity contribution in [3.05, 3.63) is 47.0 Å². The molecule has 0 aliphatic heterocycles. The van der Waals surface area contributed by atoms with Crippen molar-refractivity contribution in [3.8, 4) is 11.4 Å². The smallest absolute Gasteiger partial charge is 0.320 e. The van der Waals surface area contributed by atoms with Gasteiger partial charge in [-0.1, -0.05) is 34.0 Å². The number of carbonyl (C=O) groups excluding carboxylic acids is 1. The molecular formula is C14H12ClN5O3. The van der Waals surface area contributed by atoms with Gasteiger partial charge in [0, 0.05) is 16.7 Å². The lowest BCUT2D eigenvalue weighted by Crippen LogP contribution is -2.28. The fourth-order valence-electron chi connectivity index (χ4n) is 1.81. The van der Waals surface area contributed by atoms with E-state index in [9.17, 15) is 4.79 Å². The van der Waals surface area contributed by atoms with Crippen molar-refractivity contribution < 1.29 is 13.8 Å². The van der Waals surface area contributed by atoms with Crippen molar-refractivity contribution in [2.24, 2.45) is 0 Å². The van der Waals surface area contributed by atoms with Gasteiger partial charge in [-0.15, -0.1) is 0 Å². The third-order valence-corrected chi connectivity index (χ3v) is 3.06. The van der Waals surface area contributed by atoms with Crippen LogP contribution in [0, 0.1) is 6.92 Å². The van der Waals surface area contributed by atoms with Crippen LogP contribution in [0.5, 0.6) is 0 Å². The minimum absolute atomic E-state index is 0.0796. The van der Waals surface area contributed by atoms with Crippen molar-refractivity contribution in [1.29, 1.82) is 0 Å². The molecule has 0 spiro atoms. The number of amides is 2. The van der Waals surface area contributed by atoms with Crippen molar-refractivity contribution in [1.82, 2.24) is 20.6 Å². The van der Waals surface area contributed by atoms with E-state index >= 15 is 0 Å². The Balaban J connectivity index is 1.58. The maximum absolute atomic E-state index is 11.7. The molecule has 2 amide bonds. The molecule has 1 aromatic carbocycles. The molecule has 0 aliphatic carbocycles. The number of nitrogens with zero attached hydrogens (tertiary/aromatic N) is 3. The lowest BCUT2D eigenvalue weighted by molar-refractivity contribution is 0.249. The first kappa shape index (κ1) is 15.0. The Bertz CT molecular complexity index is 829. The summed E-state index contributed by atoms with van der Waals surface area (Å²) in [5.41, 5.74) is 0.732. The van der Waals surface area contributed by atoms with E-state index in [0.29, 0.717) is 22.4 Å². The van der Waals surface area contributed by atoms with Crippen LogP contribution in [-0.4, -0.2) is 21.3 Å². The van der Waals surface area contributed by atoms with Crippen molar-refractivity contribution in [3.63, 3.8) is 0 Å². The van der Waals surface area contributed by atoms with Gasteiger partial charge >= 0.3 is 6.03 Å². The van der Waals surface area contributed by atoms with E-state index < -0.39 is 6.03 Å². The van der Waals surface area contributed by atoms with Crippen molar-refractivity contribution in [2.45, 2.75) is 13.5 Å². The molecule has 2 aromatic heterocycles. The van der Waals surface area contributed by atoms with Crippen LogP contribution in [0.4, 0.5) is 10.6 Å². The van der Waals surface area contributed by atoms with E-state index in [1.54, 1.807) is 31.2 Å². The Labute approximate surface area is 135 Å². The molecule has 0 bridgehead atoms. The molecule has 0 fully saturated rings. The highest BCUT2D eigenvalue weighted by Gasteiger charge is 2.11. The van der Waals surface area contributed by atoms with E-state index in [1.807, 2.05) is 6.07 Å². The predicted molar refractivity (Wildman–Crippen MR) is 81.8 cm³/mol. The molecular weight excluding hydrogens is 322 g/mol. The Kier molecular flexibility index (Phi) is 4.24. The summed E-state index contributed by atoms with van der Waals surface area (Å²) < 4.78 is 9.93. The van der Waals surface area contributed by atoms with Gasteiger partial charge in [0.05, 0.1) is 6.54 Å². The van der Waals surface area contributed by atoms with Gasteiger partial charge in [-0.2, -0.15) is 4.98 Å². The number of urea groups is 1. The molecule has 2 heterocycles. The maximum atomic E-state index is 11.7. The molecule has 9 heteroatoms. The van der Waals surface area contributed by atoms with Gasteiger partial charge in [0.15, 0.2) is 5.82 Å². The zero-order valence-electron chi connectivity index (χ0n) is 12.0. The number of rotatable bonds is 4. The highest BCUT2D eigenvalue weighted by atomic mass is 35.5. The topological polar surface area (TPSA) is 106 Å². The standard InChI is InChI=1S/C14H12ClN5O3/c1-8-5-11(19-22-8)17-14(21)16-7-12-18-13(20-23-12)9-3-2-4-10(15)6-9/h2-6H,7H2,1H3,(H2,16,17,19,21). The number of aryl methyl sites for hydroxylation is 1. The average Bonchev–Trinajstić information content (AvgIpc) is 3.14. The first-order valence-electron chi connectivity index (χ1n) is 6.67. The molecule has 8 nitrogen and oxygen atoms in total. The fraction of sp³-hybridized carbons (Fsp3) is 0.143. The molecule has 3 rings (SSSR count). The Morgan fingerprint density at radius 3 is 2.87 bits per heavy atom. The van der Waals surface area contributed by atoms with Gasteiger partial charge in [-0.3, -0.25) is 5.32 Å². The van der Waals surface area contributed by atoms with Crippen LogP contribution < -0.4 is 10.6 Å². The van der Waals surface area contributed by atoms with Crippen LogP contribution in [0.25, 0.3) is 11.4 Å². The molecule has 0 saturated heterocycles. The number of aromatic nitrogens is 3. The lowest BCUT2D eigenvalue weighted by Gasteiger charge is -2.01. The minimum atomic E-state index is -0.458. The summed E-state index contributed by atoms with van der Waals surface area (Å²) in [5, 5.41) is 13.2. The van der Waals surface area contributed by atoms with Gasteiger partial charge in [-0.25, -0.2) is 4.79 Å². The molecule has 0 unspecified atom stereocenters. The SMILES string of the molecule is Cc1cc(NC(=O)NCc2nc(-c3cccc(Cl)c3)no2)no1. The highest BCUT2D eigenvalue weighted by molar-refractivity contribution is 6.30. The summed E-state index contributed by atoms with van der Waals surface area (Å²) in [6.45, 7) is 1.81. The number of nitrogens with one attached hydrogen (secondary N) is 2. The summed E-state index contributed by atoms with van der Waals surface area (Å²) in [6, 6.07) is 8.23. The van der Waals surface area contributed by atoms with Gasteiger partial charge in [0.25, 0.3) is 0 Å². The lowest BCUT2D eigenvalue weighted by atomic mass is 10.2. The van der Waals surface area contributed by atoms with E-state index in [1.165, 1.54) is 0 Å². The van der Waals surface area contributed by atoms with Crippen LogP contribution in [0.2, 0.25) is 5.02 Å². The molecule has 0 saturated carbocycles. The molecule has 118 valence electrons. The van der Waals surface area contributed by atoms with Gasteiger partial charge < -0.3 is 14.4 Å². The largest absolute Gasteiger partial charge is 0.360 e. The molecule has 3 aromatic rings. The highest BCUT2D eigenvalue weighted by Crippen LogP contribution is 2.19. The van der Waals surface area contributed by atoms with Crippen molar-refractivity contribution in [2.75, 3.05) is 5.32 Å². The molecule has 23 heavy (non-hydrogen) atoms. The molecule has 0 aliphatic rings. The Morgan fingerprint density at radius 1 is 1.26 bits per heavy atom. The Morgan fingerprint density at radius 2 is 2.13 bits per heavy atom. The van der Waals surface area contributed by atoms with Gasteiger partial charge in [-0.05, 0) is 19.1 Å². The third-order valence-electron chi connectivity index (χ3n) is 2.82. The monoisotopic (exact) mass is 333 g/mol. The van der Waals surface area contributed by atoms with E-state index in [2.05, 4.69) is 25.9 Å². The molecule has 0 atom stereocenters. The molecule has 2 N–H and O–H groups in total. The van der Waals surface area contributed by atoms with Crippen LogP contribution in [0.3, 0.4) is 0 Å². The maximum Gasteiger partial charge on any atom is 0.320 e. The number of halogens is 1. The number of hydrogen-bond acceptors (Lipinski definition) is 6. The van der Waals surface area contributed by atoms with Crippen LogP contribution in [0.1, 0.15) is 11.7 Å². The number of anilines is 1. The second-order valence-electron chi connectivity index (χ2n) is 4.65. The molecule has 0 radical (unpaired) electrons. The van der Waals surface area contributed by atoms with E-state index in [-0.39, 0.29) is 12.4 Å². The number of benzene rings is 1. The normalized spacial score (nSPS) is 10.5. The fourth-order valence-corrected chi connectivity index (χ4v) is 2.00. The second kappa shape index (κ2) is 6.49. The first-order chi connectivity index (χ1) is 11.1. The summed E-state index contributed by atoms with van der Waals surface area (Å²) in [6.07, 6.45) is 0. The van der Waals surface area contributed by atoms with Gasteiger partial charge in [0.1, 0.15) is 5.76 Å². The average molecular weight is 334 g/mol. The van der Waals surface area contributed by atoms with Crippen LogP contribution in [-0.2, 0) is 6.54 Å². The predicted octanol–water partition coefficient (Wildman–Crippen LogP) is 3.01. The van der Waals surface area contributed by atoms with Crippen LogP contribution >= 0.6 is 11.6 Å². The zero-order valence-corrected chi connectivity index (χ0v) is 12.8. The van der Waals surface area contributed by atoms with Gasteiger partial charge in [0.2, 0.25) is 11.7 Å². The quantitative estimate of drug-likeness (QED) is 0.760. The summed E-state index contributed by atoms with van der Waals surface area (Å²) in [4.78, 5) is 15.9. The summed E-state index contributed by atoms with van der Waals surface area (Å²) in [5.74, 6) is 1.59.